The van der Waals surface area contributed by atoms with Crippen LogP contribution in [0.15, 0.2) is 48.8 Å². The molecule has 1 amide bonds. The van der Waals surface area contributed by atoms with Crippen LogP contribution in [0.3, 0.4) is 0 Å². The fourth-order valence-electron chi connectivity index (χ4n) is 3.91. The predicted octanol–water partition coefficient (Wildman–Crippen LogP) is 2.73. The van der Waals surface area contributed by atoms with Gasteiger partial charge < -0.3 is 9.88 Å². The molecule has 0 bridgehead atoms. The van der Waals surface area contributed by atoms with Crippen molar-refractivity contribution >= 4 is 16.9 Å². The lowest BCUT2D eigenvalue weighted by Crippen LogP contribution is -2.25. The minimum atomic E-state index is -0.175. The van der Waals surface area contributed by atoms with E-state index in [0.717, 1.165) is 54.1 Å². The molecular formula is C22H23N7O. The summed E-state index contributed by atoms with van der Waals surface area (Å²) >= 11 is 0. The van der Waals surface area contributed by atoms with Crippen LogP contribution in [-0.4, -0.2) is 35.4 Å². The summed E-state index contributed by atoms with van der Waals surface area (Å²) in [4.78, 5) is 17.2. The van der Waals surface area contributed by atoms with Crippen molar-refractivity contribution in [3.8, 4) is 0 Å². The van der Waals surface area contributed by atoms with E-state index >= 15 is 0 Å². The van der Waals surface area contributed by atoms with Crippen LogP contribution < -0.4 is 5.32 Å². The van der Waals surface area contributed by atoms with E-state index in [-0.39, 0.29) is 5.91 Å². The SMILES string of the molecule is O=C(NCc1nnc2n1CCCCC2)c1cnc2c(cnn2Cc2ccccc2)c1. The normalized spacial score (nSPS) is 13.7. The minimum Gasteiger partial charge on any atom is -0.345 e. The molecule has 4 heterocycles. The lowest BCUT2D eigenvalue weighted by molar-refractivity contribution is 0.0949. The van der Waals surface area contributed by atoms with Gasteiger partial charge in [0.25, 0.3) is 5.91 Å². The Morgan fingerprint density at radius 3 is 2.87 bits per heavy atom. The second-order valence-corrected chi connectivity index (χ2v) is 7.60. The molecule has 5 rings (SSSR count). The van der Waals surface area contributed by atoms with E-state index in [1.165, 1.54) is 6.42 Å². The zero-order chi connectivity index (χ0) is 20.3. The highest BCUT2D eigenvalue weighted by Gasteiger charge is 2.16. The van der Waals surface area contributed by atoms with Crippen molar-refractivity contribution in [2.45, 2.75) is 45.3 Å². The number of pyridine rings is 1. The lowest BCUT2D eigenvalue weighted by atomic mass is 10.2. The van der Waals surface area contributed by atoms with Gasteiger partial charge in [-0.15, -0.1) is 10.2 Å². The van der Waals surface area contributed by atoms with Gasteiger partial charge in [-0.3, -0.25) is 4.79 Å². The van der Waals surface area contributed by atoms with Crippen molar-refractivity contribution in [2.24, 2.45) is 0 Å². The van der Waals surface area contributed by atoms with Crippen molar-refractivity contribution in [1.82, 2.24) is 34.8 Å². The molecule has 0 radical (unpaired) electrons. The molecule has 1 aliphatic heterocycles. The summed E-state index contributed by atoms with van der Waals surface area (Å²) in [5.74, 6) is 1.65. The van der Waals surface area contributed by atoms with Crippen molar-refractivity contribution in [1.29, 1.82) is 0 Å². The Bertz CT molecular complexity index is 1180. The van der Waals surface area contributed by atoms with Crippen molar-refractivity contribution in [3.63, 3.8) is 0 Å². The van der Waals surface area contributed by atoms with E-state index in [2.05, 4.69) is 42.3 Å². The first-order valence-corrected chi connectivity index (χ1v) is 10.3. The average molecular weight is 401 g/mol. The summed E-state index contributed by atoms with van der Waals surface area (Å²) in [6.07, 6.45) is 7.78. The summed E-state index contributed by atoms with van der Waals surface area (Å²) in [5, 5.41) is 16.8. The molecule has 1 N–H and O–H groups in total. The van der Waals surface area contributed by atoms with Gasteiger partial charge in [-0.05, 0) is 24.5 Å². The zero-order valence-corrected chi connectivity index (χ0v) is 16.7. The Morgan fingerprint density at radius 1 is 1.07 bits per heavy atom. The van der Waals surface area contributed by atoms with E-state index in [1.54, 1.807) is 12.4 Å². The Morgan fingerprint density at radius 2 is 1.97 bits per heavy atom. The molecular weight excluding hydrogens is 378 g/mol. The molecule has 3 aromatic heterocycles. The number of hydrogen-bond acceptors (Lipinski definition) is 5. The number of carbonyl (C=O) groups is 1. The molecule has 1 aromatic carbocycles. The first kappa shape index (κ1) is 18.5. The van der Waals surface area contributed by atoms with Crippen LogP contribution in [-0.2, 0) is 26.1 Å². The van der Waals surface area contributed by atoms with E-state index in [4.69, 9.17) is 0 Å². The summed E-state index contributed by atoms with van der Waals surface area (Å²) in [7, 11) is 0. The van der Waals surface area contributed by atoms with E-state index in [0.29, 0.717) is 18.7 Å². The van der Waals surface area contributed by atoms with Crippen molar-refractivity contribution in [2.75, 3.05) is 0 Å². The number of carbonyl (C=O) groups excluding carboxylic acids is 1. The lowest BCUT2D eigenvalue weighted by Gasteiger charge is -2.08. The molecule has 8 nitrogen and oxygen atoms in total. The molecule has 8 heteroatoms. The number of nitrogens with zero attached hydrogens (tertiary/aromatic N) is 6. The number of aromatic nitrogens is 6. The number of aryl methyl sites for hydroxylation is 1. The number of nitrogens with one attached hydrogen (secondary N) is 1. The highest BCUT2D eigenvalue weighted by Crippen LogP contribution is 2.16. The quantitative estimate of drug-likeness (QED) is 0.555. The fraction of sp³-hybridized carbons (Fsp3) is 0.318. The van der Waals surface area contributed by atoms with Gasteiger partial charge in [0, 0.05) is 24.5 Å². The Labute approximate surface area is 174 Å². The number of fused-ring (bicyclic) bond motifs is 2. The number of rotatable bonds is 5. The van der Waals surface area contributed by atoms with Gasteiger partial charge in [-0.25, -0.2) is 9.67 Å². The topological polar surface area (TPSA) is 90.5 Å². The van der Waals surface area contributed by atoms with Crippen LogP contribution in [0.1, 0.15) is 46.8 Å². The highest BCUT2D eigenvalue weighted by molar-refractivity contribution is 5.96. The Balaban J connectivity index is 1.29. The molecule has 0 aliphatic carbocycles. The van der Waals surface area contributed by atoms with Crippen LogP contribution in [0, 0.1) is 0 Å². The average Bonchev–Trinajstić information content (AvgIpc) is 3.27. The van der Waals surface area contributed by atoms with Gasteiger partial charge in [-0.2, -0.15) is 5.10 Å². The molecule has 0 saturated carbocycles. The van der Waals surface area contributed by atoms with Gasteiger partial charge >= 0.3 is 0 Å². The molecule has 0 fully saturated rings. The third kappa shape index (κ3) is 3.68. The maximum absolute atomic E-state index is 12.7. The number of benzene rings is 1. The monoisotopic (exact) mass is 401 g/mol. The summed E-state index contributed by atoms with van der Waals surface area (Å²) < 4.78 is 3.99. The maximum atomic E-state index is 12.7. The van der Waals surface area contributed by atoms with Crippen molar-refractivity contribution in [3.05, 3.63) is 71.6 Å². The first-order chi connectivity index (χ1) is 14.8. The molecule has 0 saturated heterocycles. The summed E-state index contributed by atoms with van der Waals surface area (Å²) in [6.45, 7) is 1.92. The Hall–Kier alpha value is -3.55. The smallest absolute Gasteiger partial charge is 0.253 e. The fourth-order valence-corrected chi connectivity index (χ4v) is 3.91. The first-order valence-electron chi connectivity index (χ1n) is 10.3. The van der Waals surface area contributed by atoms with Gasteiger partial charge in [0.1, 0.15) is 5.82 Å². The van der Waals surface area contributed by atoms with E-state index in [1.807, 2.05) is 28.9 Å². The minimum absolute atomic E-state index is 0.175. The van der Waals surface area contributed by atoms with Gasteiger partial charge in [-0.1, -0.05) is 36.8 Å². The number of hydrogen-bond donors (Lipinski definition) is 1. The van der Waals surface area contributed by atoms with Crippen LogP contribution in [0.5, 0.6) is 0 Å². The van der Waals surface area contributed by atoms with Crippen LogP contribution >= 0.6 is 0 Å². The predicted molar refractivity (Wildman–Crippen MR) is 112 cm³/mol. The van der Waals surface area contributed by atoms with E-state index < -0.39 is 0 Å². The molecule has 4 aromatic rings. The Kier molecular flexibility index (Phi) is 4.96. The van der Waals surface area contributed by atoms with Gasteiger partial charge in [0.2, 0.25) is 0 Å². The standard InChI is InChI=1S/C22H23N7O/c30-22(24-14-20-27-26-19-9-5-2-6-10-28(19)20)18-11-17-13-25-29(21(17)23-12-18)15-16-7-3-1-4-8-16/h1,3-4,7-8,11-13H,2,5-6,9-10,14-15H2,(H,24,30). The van der Waals surface area contributed by atoms with Gasteiger partial charge in [0.05, 0.1) is 24.8 Å². The van der Waals surface area contributed by atoms with E-state index in [9.17, 15) is 4.79 Å². The molecule has 0 unspecified atom stereocenters. The highest BCUT2D eigenvalue weighted by atomic mass is 16.1. The second-order valence-electron chi connectivity index (χ2n) is 7.60. The second kappa shape index (κ2) is 8.06. The third-order valence-corrected chi connectivity index (χ3v) is 5.51. The summed E-state index contributed by atoms with van der Waals surface area (Å²) in [5.41, 5.74) is 2.43. The van der Waals surface area contributed by atoms with Gasteiger partial charge in [0.15, 0.2) is 11.5 Å². The largest absolute Gasteiger partial charge is 0.345 e. The summed E-state index contributed by atoms with van der Waals surface area (Å²) in [6, 6.07) is 11.9. The third-order valence-electron chi connectivity index (χ3n) is 5.51. The molecule has 30 heavy (non-hydrogen) atoms. The maximum Gasteiger partial charge on any atom is 0.253 e. The molecule has 0 spiro atoms. The zero-order valence-electron chi connectivity index (χ0n) is 16.7. The van der Waals surface area contributed by atoms with Crippen LogP contribution in [0.2, 0.25) is 0 Å². The number of amides is 1. The van der Waals surface area contributed by atoms with Crippen LogP contribution in [0.4, 0.5) is 0 Å². The van der Waals surface area contributed by atoms with Crippen LogP contribution in [0.25, 0.3) is 11.0 Å². The molecule has 0 atom stereocenters. The van der Waals surface area contributed by atoms with Crippen molar-refractivity contribution < 1.29 is 4.79 Å². The molecule has 1 aliphatic rings. The molecule has 152 valence electrons.